The molecule has 0 aliphatic carbocycles. The van der Waals surface area contributed by atoms with Gasteiger partial charge in [-0.15, -0.1) is 0 Å². The molecule has 116 valence electrons. The zero-order valence-electron chi connectivity index (χ0n) is 12.2. The van der Waals surface area contributed by atoms with E-state index in [9.17, 15) is 14.9 Å². The summed E-state index contributed by atoms with van der Waals surface area (Å²) in [6.07, 6.45) is 0. The summed E-state index contributed by atoms with van der Waals surface area (Å²) in [5.41, 5.74) is 1.12. The van der Waals surface area contributed by atoms with Crippen LogP contribution in [-0.4, -0.2) is 23.9 Å². The summed E-state index contributed by atoms with van der Waals surface area (Å²) in [6, 6.07) is 14.8. The van der Waals surface area contributed by atoms with Crippen molar-refractivity contribution in [3.05, 3.63) is 69.8 Å². The number of carbonyl (C=O) groups is 1. The predicted molar refractivity (Wildman–Crippen MR) is 85.1 cm³/mol. The normalized spacial score (nSPS) is 9.70. The van der Waals surface area contributed by atoms with Crippen LogP contribution in [0.1, 0.15) is 15.9 Å². The summed E-state index contributed by atoms with van der Waals surface area (Å²) in [6.45, 7) is 0.751. The number of nitro benzene ring substituents is 1. The Balaban J connectivity index is 1.88. The van der Waals surface area contributed by atoms with E-state index in [0.29, 0.717) is 24.3 Å². The Labute approximate surface area is 132 Å². The van der Waals surface area contributed by atoms with Gasteiger partial charge in [-0.3, -0.25) is 14.9 Å². The lowest BCUT2D eigenvalue weighted by atomic mass is 10.1. The fraction of sp³-hybridized carbons (Fsp3) is 0.125. The molecular weight excluding hydrogens is 296 g/mol. The summed E-state index contributed by atoms with van der Waals surface area (Å²) in [5, 5.41) is 25.4. The van der Waals surface area contributed by atoms with E-state index in [0.717, 1.165) is 0 Å². The van der Waals surface area contributed by atoms with Crippen molar-refractivity contribution in [2.24, 2.45) is 0 Å². The first kappa shape index (κ1) is 16.0. The number of hydrogen-bond donors (Lipinski definition) is 2. The first-order chi connectivity index (χ1) is 11.1. The SMILES string of the molecule is N#Cc1cc([N+](=O)[O-])ccc1NCCNC(=O)c1ccccc1. The van der Waals surface area contributed by atoms with Crippen LogP contribution in [0.3, 0.4) is 0 Å². The topological polar surface area (TPSA) is 108 Å². The van der Waals surface area contributed by atoms with Gasteiger partial charge in [0.05, 0.1) is 16.2 Å². The fourth-order valence-electron chi connectivity index (χ4n) is 1.96. The van der Waals surface area contributed by atoms with E-state index in [1.807, 2.05) is 12.1 Å². The van der Waals surface area contributed by atoms with E-state index < -0.39 is 4.92 Å². The average molecular weight is 310 g/mol. The van der Waals surface area contributed by atoms with Gasteiger partial charge in [0.1, 0.15) is 6.07 Å². The second kappa shape index (κ2) is 7.56. The van der Waals surface area contributed by atoms with Gasteiger partial charge in [0.15, 0.2) is 0 Å². The molecule has 23 heavy (non-hydrogen) atoms. The quantitative estimate of drug-likeness (QED) is 0.483. The molecule has 0 aliphatic heterocycles. The maximum Gasteiger partial charge on any atom is 0.270 e. The van der Waals surface area contributed by atoms with E-state index in [2.05, 4.69) is 10.6 Å². The third-order valence-corrected chi connectivity index (χ3v) is 3.10. The Kier molecular flexibility index (Phi) is 5.25. The molecule has 2 aromatic carbocycles. The third-order valence-electron chi connectivity index (χ3n) is 3.10. The minimum atomic E-state index is -0.551. The molecule has 7 heteroatoms. The lowest BCUT2D eigenvalue weighted by molar-refractivity contribution is -0.384. The summed E-state index contributed by atoms with van der Waals surface area (Å²) in [5.74, 6) is -0.184. The lowest BCUT2D eigenvalue weighted by Gasteiger charge is -2.09. The summed E-state index contributed by atoms with van der Waals surface area (Å²) < 4.78 is 0. The van der Waals surface area contributed by atoms with Gasteiger partial charge in [-0.05, 0) is 18.2 Å². The van der Waals surface area contributed by atoms with Crippen molar-refractivity contribution in [3.8, 4) is 6.07 Å². The molecule has 0 atom stereocenters. The molecular formula is C16H14N4O3. The van der Waals surface area contributed by atoms with E-state index in [4.69, 9.17) is 5.26 Å². The number of non-ortho nitro benzene ring substituents is 1. The molecule has 0 heterocycles. The summed E-state index contributed by atoms with van der Waals surface area (Å²) >= 11 is 0. The van der Waals surface area contributed by atoms with Gasteiger partial charge in [0, 0.05) is 30.8 Å². The maximum atomic E-state index is 11.8. The van der Waals surface area contributed by atoms with Crippen molar-refractivity contribution < 1.29 is 9.72 Å². The first-order valence-electron chi connectivity index (χ1n) is 6.87. The van der Waals surface area contributed by atoms with E-state index in [1.54, 1.807) is 24.3 Å². The van der Waals surface area contributed by atoms with E-state index in [-0.39, 0.29) is 17.2 Å². The molecule has 2 aromatic rings. The number of benzene rings is 2. The van der Waals surface area contributed by atoms with Crippen LogP contribution in [0, 0.1) is 21.4 Å². The molecule has 2 rings (SSSR count). The van der Waals surface area contributed by atoms with Crippen LogP contribution in [0.25, 0.3) is 0 Å². The van der Waals surface area contributed by atoms with Crippen LogP contribution in [0.4, 0.5) is 11.4 Å². The van der Waals surface area contributed by atoms with Gasteiger partial charge in [-0.25, -0.2) is 0 Å². The zero-order chi connectivity index (χ0) is 16.7. The van der Waals surface area contributed by atoms with Crippen molar-refractivity contribution >= 4 is 17.3 Å². The molecule has 0 radical (unpaired) electrons. The molecule has 0 unspecified atom stereocenters. The predicted octanol–water partition coefficient (Wildman–Crippen LogP) is 2.31. The lowest BCUT2D eigenvalue weighted by Crippen LogP contribution is -2.28. The number of rotatable bonds is 6. The van der Waals surface area contributed by atoms with Gasteiger partial charge in [0.25, 0.3) is 11.6 Å². The molecule has 0 aliphatic rings. The summed E-state index contributed by atoms with van der Waals surface area (Å²) in [7, 11) is 0. The second-order valence-electron chi connectivity index (χ2n) is 4.65. The Bertz CT molecular complexity index is 754. The molecule has 2 N–H and O–H groups in total. The van der Waals surface area contributed by atoms with Crippen molar-refractivity contribution in [2.45, 2.75) is 0 Å². The number of hydrogen-bond acceptors (Lipinski definition) is 5. The van der Waals surface area contributed by atoms with Crippen LogP contribution in [-0.2, 0) is 0 Å². The van der Waals surface area contributed by atoms with Gasteiger partial charge in [0.2, 0.25) is 0 Å². The Hall–Kier alpha value is -3.40. The highest BCUT2D eigenvalue weighted by Crippen LogP contribution is 2.20. The molecule has 0 spiro atoms. The third kappa shape index (κ3) is 4.28. The van der Waals surface area contributed by atoms with Crippen LogP contribution >= 0.6 is 0 Å². The van der Waals surface area contributed by atoms with Crippen LogP contribution in [0.15, 0.2) is 48.5 Å². The van der Waals surface area contributed by atoms with E-state index in [1.165, 1.54) is 18.2 Å². The van der Waals surface area contributed by atoms with Crippen molar-refractivity contribution in [3.63, 3.8) is 0 Å². The average Bonchev–Trinajstić information content (AvgIpc) is 2.59. The smallest absolute Gasteiger partial charge is 0.270 e. The van der Waals surface area contributed by atoms with Crippen molar-refractivity contribution in [1.29, 1.82) is 5.26 Å². The van der Waals surface area contributed by atoms with Gasteiger partial charge in [-0.2, -0.15) is 5.26 Å². The zero-order valence-corrected chi connectivity index (χ0v) is 12.2. The second-order valence-corrected chi connectivity index (χ2v) is 4.65. The number of amides is 1. The van der Waals surface area contributed by atoms with Crippen LogP contribution in [0.5, 0.6) is 0 Å². The largest absolute Gasteiger partial charge is 0.382 e. The molecule has 0 fully saturated rings. The standard InChI is InChI=1S/C16H14N4O3/c17-11-13-10-14(20(22)23)6-7-15(13)18-8-9-19-16(21)12-4-2-1-3-5-12/h1-7,10,18H,8-9H2,(H,19,21). The van der Waals surface area contributed by atoms with Gasteiger partial charge < -0.3 is 10.6 Å². The molecule has 0 saturated heterocycles. The number of anilines is 1. The number of nitrogens with zero attached hydrogens (tertiary/aromatic N) is 2. The van der Waals surface area contributed by atoms with Crippen LogP contribution < -0.4 is 10.6 Å². The Morgan fingerprint density at radius 3 is 2.57 bits per heavy atom. The Morgan fingerprint density at radius 2 is 1.91 bits per heavy atom. The molecule has 7 nitrogen and oxygen atoms in total. The van der Waals surface area contributed by atoms with Crippen molar-refractivity contribution in [2.75, 3.05) is 18.4 Å². The summed E-state index contributed by atoms with van der Waals surface area (Å²) in [4.78, 5) is 22.0. The van der Waals surface area contributed by atoms with Crippen LogP contribution in [0.2, 0.25) is 0 Å². The highest BCUT2D eigenvalue weighted by atomic mass is 16.6. The molecule has 0 aromatic heterocycles. The fourth-order valence-corrected chi connectivity index (χ4v) is 1.96. The molecule has 0 saturated carbocycles. The van der Waals surface area contributed by atoms with E-state index >= 15 is 0 Å². The highest BCUT2D eigenvalue weighted by molar-refractivity contribution is 5.94. The monoisotopic (exact) mass is 310 g/mol. The number of nitro groups is 1. The van der Waals surface area contributed by atoms with Gasteiger partial charge >= 0.3 is 0 Å². The highest BCUT2D eigenvalue weighted by Gasteiger charge is 2.10. The van der Waals surface area contributed by atoms with Gasteiger partial charge in [-0.1, -0.05) is 18.2 Å². The van der Waals surface area contributed by atoms with Crippen molar-refractivity contribution in [1.82, 2.24) is 5.32 Å². The number of nitrogens with one attached hydrogen (secondary N) is 2. The minimum Gasteiger partial charge on any atom is -0.382 e. The number of carbonyl (C=O) groups excluding carboxylic acids is 1. The molecule has 1 amide bonds. The molecule has 0 bridgehead atoms. The number of nitriles is 1. The maximum absolute atomic E-state index is 11.8. The minimum absolute atomic E-state index is 0.135. The first-order valence-corrected chi connectivity index (χ1v) is 6.87. The Morgan fingerprint density at radius 1 is 1.17 bits per heavy atom.